The van der Waals surface area contributed by atoms with Crippen LogP contribution in [0.15, 0.2) is 48.5 Å². The van der Waals surface area contributed by atoms with Crippen LogP contribution >= 0.6 is 0 Å². The second-order valence-electron chi connectivity index (χ2n) is 10.7. The van der Waals surface area contributed by atoms with E-state index in [0.717, 1.165) is 41.7 Å². The van der Waals surface area contributed by atoms with Gasteiger partial charge in [0, 0.05) is 12.8 Å². The number of imidazole rings is 1. The van der Waals surface area contributed by atoms with Crippen LogP contribution in [-0.4, -0.2) is 16.6 Å². The Kier molecular flexibility index (Phi) is 7.45. The van der Waals surface area contributed by atoms with E-state index in [4.69, 9.17) is 4.74 Å². The molecule has 0 radical (unpaired) electrons. The van der Waals surface area contributed by atoms with Crippen molar-refractivity contribution in [3.63, 3.8) is 0 Å². The number of esters is 1. The molecule has 0 saturated heterocycles. The van der Waals surface area contributed by atoms with E-state index in [1.807, 2.05) is 0 Å². The summed E-state index contributed by atoms with van der Waals surface area (Å²) in [6, 6.07) is 16.5. The third-order valence-electron chi connectivity index (χ3n) is 7.85. The Morgan fingerprint density at radius 3 is 2.50 bits per heavy atom. The summed E-state index contributed by atoms with van der Waals surface area (Å²) < 4.78 is 10.9. The zero-order valence-electron chi connectivity index (χ0n) is 21.8. The van der Waals surface area contributed by atoms with Crippen LogP contribution < -0.4 is 4.57 Å². The van der Waals surface area contributed by atoms with Crippen LogP contribution in [0.25, 0.3) is 11.0 Å². The van der Waals surface area contributed by atoms with E-state index in [-0.39, 0.29) is 12.1 Å². The quantitative estimate of drug-likeness (QED) is 0.314. The first kappa shape index (κ1) is 24.5. The molecular formula is C30H41N2O2+. The average molecular weight is 462 g/mol. The summed E-state index contributed by atoms with van der Waals surface area (Å²) in [7, 11) is 2.10. The molecule has 0 amide bonds. The van der Waals surface area contributed by atoms with Crippen LogP contribution in [0, 0.1) is 24.7 Å². The molecular weight excluding hydrogens is 420 g/mol. The van der Waals surface area contributed by atoms with E-state index in [9.17, 15) is 4.79 Å². The Balaban J connectivity index is 1.75. The van der Waals surface area contributed by atoms with Crippen LogP contribution in [0.4, 0.5) is 0 Å². The fourth-order valence-electron chi connectivity index (χ4n) is 5.85. The maximum absolute atomic E-state index is 14.0. The monoisotopic (exact) mass is 461 g/mol. The highest BCUT2D eigenvalue weighted by atomic mass is 16.5. The number of benzene rings is 2. The molecule has 1 unspecified atom stereocenters. The maximum Gasteiger partial charge on any atom is 0.352 e. The Morgan fingerprint density at radius 2 is 1.82 bits per heavy atom. The maximum atomic E-state index is 14.0. The summed E-state index contributed by atoms with van der Waals surface area (Å²) in [5.74, 6) is 2.59. The first-order valence-electron chi connectivity index (χ1n) is 13.0. The molecule has 0 bridgehead atoms. The molecule has 2 aromatic carbocycles. The number of aromatic nitrogens is 2. The SMILES string of the molecule is CCc1n([C@H](Cc2ccc(C)cc2)C(=O)OC2C[C@H](C)CC[C@H]2C(C)C)c2ccccc2[n+]1C. The molecule has 4 heteroatoms. The molecule has 1 heterocycles. The molecule has 0 N–H and O–H groups in total. The van der Waals surface area contributed by atoms with Crippen molar-refractivity contribution in [2.24, 2.45) is 24.8 Å². The predicted octanol–water partition coefficient (Wildman–Crippen LogP) is 6.12. The third kappa shape index (κ3) is 4.92. The van der Waals surface area contributed by atoms with Gasteiger partial charge in [0.05, 0.1) is 7.05 Å². The lowest BCUT2D eigenvalue weighted by Crippen LogP contribution is -2.39. The predicted molar refractivity (Wildman–Crippen MR) is 138 cm³/mol. The second-order valence-corrected chi connectivity index (χ2v) is 10.7. The van der Waals surface area contributed by atoms with Gasteiger partial charge in [-0.3, -0.25) is 0 Å². The number of nitrogens with zero attached hydrogens (tertiary/aromatic N) is 2. The van der Waals surface area contributed by atoms with Crippen molar-refractivity contribution in [1.82, 2.24) is 4.57 Å². The van der Waals surface area contributed by atoms with Crippen molar-refractivity contribution in [1.29, 1.82) is 0 Å². The minimum atomic E-state index is -0.395. The second kappa shape index (κ2) is 10.3. The topological polar surface area (TPSA) is 35.1 Å². The first-order chi connectivity index (χ1) is 16.3. The van der Waals surface area contributed by atoms with Gasteiger partial charge in [-0.05, 0) is 55.2 Å². The normalized spacial score (nSPS) is 21.7. The number of carbonyl (C=O) groups excluding carboxylic acids is 1. The van der Waals surface area contributed by atoms with E-state index in [1.165, 1.54) is 12.0 Å². The summed E-state index contributed by atoms with van der Waals surface area (Å²) in [4.78, 5) is 14.0. The van der Waals surface area contributed by atoms with Crippen molar-refractivity contribution in [2.75, 3.05) is 0 Å². The Morgan fingerprint density at radius 1 is 1.12 bits per heavy atom. The lowest BCUT2D eigenvalue weighted by atomic mass is 9.75. The molecule has 0 spiro atoms. The summed E-state index contributed by atoms with van der Waals surface area (Å²) in [5.41, 5.74) is 4.62. The van der Waals surface area contributed by atoms with E-state index in [1.54, 1.807) is 0 Å². The van der Waals surface area contributed by atoms with E-state index < -0.39 is 6.04 Å². The van der Waals surface area contributed by atoms with Gasteiger partial charge in [-0.2, -0.15) is 0 Å². The average Bonchev–Trinajstić information content (AvgIpc) is 3.10. The zero-order chi connectivity index (χ0) is 24.4. The number of para-hydroxylation sites is 2. The summed E-state index contributed by atoms with van der Waals surface area (Å²) in [6.07, 6.45) is 4.80. The van der Waals surface area contributed by atoms with Crippen molar-refractivity contribution < 1.29 is 14.1 Å². The molecule has 0 aliphatic heterocycles. The number of rotatable bonds is 7. The molecule has 1 saturated carbocycles. The van der Waals surface area contributed by atoms with Gasteiger partial charge in [-0.1, -0.05) is 76.1 Å². The zero-order valence-corrected chi connectivity index (χ0v) is 21.8. The van der Waals surface area contributed by atoms with E-state index in [2.05, 4.69) is 99.3 Å². The number of fused-ring (bicyclic) bond motifs is 1. The highest BCUT2D eigenvalue weighted by molar-refractivity contribution is 5.80. The van der Waals surface area contributed by atoms with Gasteiger partial charge < -0.3 is 4.74 Å². The fraction of sp³-hybridized carbons (Fsp3) is 0.533. The Hall–Kier alpha value is -2.62. The summed E-state index contributed by atoms with van der Waals surface area (Å²) in [6.45, 7) is 11.1. The van der Waals surface area contributed by atoms with Gasteiger partial charge in [0.15, 0.2) is 11.0 Å². The molecule has 4 nitrogen and oxygen atoms in total. The van der Waals surface area contributed by atoms with Gasteiger partial charge in [0.2, 0.25) is 6.04 Å². The van der Waals surface area contributed by atoms with Crippen molar-refractivity contribution in [3.8, 4) is 0 Å². The van der Waals surface area contributed by atoms with Crippen LogP contribution in [0.5, 0.6) is 0 Å². The molecule has 1 fully saturated rings. The molecule has 4 rings (SSSR count). The molecule has 3 aromatic rings. The van der Waals surface area contributed by atoms with Crippen molar-refractivity contribution >= 4 is 17.0 Å². The number of hydrogen-bond donors (Lipinski definition) is 0. The fourth-order valence-corrected chi connectivity index (χ4v) is 5.85. The van der Waals surface area contributed by atoms with Crippen molar-refractivity contribution in [2.45, 2.75) is 78.9 Å². The summed E-state index contributed by atoms with van der Waals surface area (Å²) in [5, 5.41) is 0. The standard InChI is InChI=1S/C30H41N2O2/c1-7-29-31(6)25-10-8-9-11-26(25)32(29)27(19-23-15-12-21(4)13-16-23)30(33)34-28-18-22(5)14-17-24(28)20(2)3/h8-13,15-16,20,22,24,27-28H,7,14,17-19H2,1-6H3/q+1/t22-,24+,27-,28?/m1/s1. The van der Waals surface area contributed by atoms with Crippen LogP contribution in [0.2, 0.25) is 0 Å². The molecule has 4 atom stereocenters. The number of hydrogen-bond acceptors (Lipinski definition) is 2. The van der Waals surface area contributed by atoms with Gasteiger partial charge in [0.25, 0.3) is 5.82 Å². The third-order valence-corrected chi connectivity index (χ3v) is 7.85. The van der Waals surface area contributed by atoms with Gasteiger partial charge >= 0.3 is 5.97 Å². The smallest absolute Gasteiger partial charge is 0.352 e. The molecule has 182 valence electrons. The first-order valence-corrected chi connectivity index (χ1v) is 13.0. The van der Waals surface area contributed by atoms with Crippen LogP contribution in [0.1, 0.15) is 70.0 Å². The number of ether oxygens (including phenoxy) is 1. The molecule has 1 aromatic heterocycles. The number of carbonyl (C=O) groups is 1. The van der Waals surface area contributed by atoms with Crippen LogP contribution in [0.3, 0.4) is 0 Å². The lowest BCUT2D eigenvalue weighted by Gasteiger charge is -2.37. The van der Waals surface area contributed by atoms with E-state index >= 15 is 0 Å². The molecule has 1 aliphatic carbocycles. The Bertz CT molecular complexity index is 1130. The largest absolute Gasteiger partial charge is 0.459 e. The van der Waals surface area contributed by atoms with Gasteiger partial charge in [-0.25, -0.2) is 13.9 Å². The highest BCUT2D eigenvalue weighted by Crippen LogP contribution is 2.36. The van der Waals surface area contributed by atoms with Crippen molar-refractivity contribution in [3.05, 3.63) is 65.5 Å². The number of aryl methyl sites for hydroxylation is 2. The lowest BCUT2D eigenvalue weighted by molar-refractivity contribution is -0.654. The van der Waals surface area contributed by atoms with Crippen LogP contribution in [-0.2, 0) is 29.4 Å². The van der Waals surface area contributed by atoms with E-state index in [0.29, 0.717) is 24.2 Å². The Labute approximate surface area is 204 Å². The molecule has 1 aliphatic rings. The van der Waals surface area contributed by atoms with Gasteiger partial charge in [0.1, 0.15) is 6.10 Å². The highest BCUT2D eigenvalue weighted by Gasteiger charge is 2.39. The van der Waals surface area contributed by atoms with Gasteiger partial charge in [-0.15, -0.1) is 0 Å². The summed E-state index contributed by atoms with van der Waals surface area (Å²) >= 11 is 0. The molecule has 34 heavy (non-hydrogen) atoms. The minimum absolute atomic E-state index is 0.00239. The minimum Gasteiger partial charge on any atom is -0.459 e.